The van der Waals surface area contributed by atoms with E-state index in [1.165, 1.54) is 4.68 Å². The molecule has 0 aliphatic rings. The van der Waals surface area contributed by atoms with Crippen molar-refractivity contribution in [2.24, 2.45) is 7.05 Å². The molecule has 0 saturated carbocycles. The van der Waals surface area contributed by atoms with Crippen LogP contribution in [0.3, 0.4) is 0 Å². The molecule has 1 heterocycles. The molecule has 0 aromatic carbocycles. The lowest BCUT2D eigenvalue weighted by atomic mass is 10.1. The predicted molar refractivity (Wildman–Crippen MR) is 80.4 cm³/mol. The Kier molecular flexibility index (Phi) is 4.93. The number of carbonyl (C=O) groups excluding carboxylic acids is 1. The molecule has 0 bridgehead atoms. The van der Waals surface area contributed by atoms with Gasteiger partial charge >= 0.3 is 5.69 Å². The Labute approximate surface area is 124 Å². The van der Waals surface area contributed by atoms with E-state index in [9.17, 15) is 14.9 Å². The zero-order valence-corrected chi connectivity index (χ0v) is 13.4. The van der Waals surface area contributed by atoms with E-state index in [4.69, 9.17) is 0 Å². The van der Waals surface area contributed by atoms with Crippen LogP contribution in [0.15, 0.2) is 0 Å². The van der Waals surface area contributed by atoms with Gasteiger partial charge in [-0.3, -0.25) is 14.9 Å². The maximum absolute atomic E-state index is 12.0. The van der Waals surface area contributed by atoms with Crippen molar-refractivity contribution >= 4 is 17.4 Å². The molecule has 0 saturated heterocycles. The highest BCUT2D eigenvalue weighted by Gasteiger charge is 2.29. The summed E-state index contributed by atoms with van der Waals surface area (Å²) in [5.74, 6) is 0.138. The Hall–Kier alpha value is -2.12. The molecule has 0 spiro atoms. The van der Waals surface area contributed by atoms with Gasteiger partial charge in [-0.25, -0.2) is 4.68 Å². The van der Waals surface area contributed by atoms with E-state index in [0.717, 1.165) is 0 Å². The number of hydrogen-bond acceptors (Lipinski definition) is 5. The number of carbonyl (C=O) groups is 1. The third-order valence-electron chi connectivity index (χ3n) is 2.84. The smallest absolute Gasteiger partial charge is 0.334 e. The summed E-state index contributed by atoms with van der Waals surface area (Å²) in [6, 6.07) is 0. The molecule has 8 nitrogen and oxygen atoms in total. The number of aryl methyl sites for hydroxylation is 2. The van der Waals surface area contributed by atoms with Crippen molar-refractivity contribution in [3.63, 3.8) is 0 Å². The van der Waals surface area contributed by atoms with Crippen molar-refractivity contribution < 1.29 is 9.72 Å². The van der Waals surface area contributed by atoms with E-state index in [0.29, 0.717) is 17.9 Å². The van der Waals surface area contributed by atoms with Gasteiger partial charge in [-0.15, -0.1) is 0 Å². The lowest BCUT2D eigenvalue weighted by Gasteiger charge is -2.23. The molecule has 1 amide bonds. The van der Waals surface area contributed by atoms with Crippen molar-refractivity contribution in [1.29, 1.82) is 0 Å². The molecule has 8 heteroatoms. The van der Waals surface area contributed by atoms with Crippen LogP contribution >= 0.6 is 0 Å². The highest BCUT2D eigenvalue weighted by molar-refractivity contribution is 5.82. The first-order valence-electron chi connectivity index (χ1n) is 6.79. The van der Waals surface area contributed by atoms with Crippen LogP contribution in [0.1, 0.15) is 33.4 Å². The van der Waals surface area contributed by atoms with Crippen LogP contribution in [-0.4, -0.2) is 39.7 Å². The highest BCUT2D eigenvalue weighted by Crippen LogP contribution is 2.30. The van der Waals surface area contributed by atoms with Crippen molar-refractivity contribution in [3.05, 3.63) is 15.8 Å². The van der Waals surface area contributed by atoms with Gasteiger partial charge < -0.3 is 10.2 Å². The second-order valence-corrected chi connectivity index (χ2v) is 6.01. The third-order valence-corrected chi connectivity index (χ3v) is 2.84. The van der Waals surface area contributed by atoms with Crippen molar-refractivity contribution in [2.45, 2.75) is 39.7 Å². The van der Waals surface area contributed by atoms with Crippen molar-refractivity contribution in [3.8, 4) is 0 Å². The average Bonchev–Trinajstić information content (AvgIpc) is 2.63. The number of nitrogens with one attached hydrogen (secondary N) is 1. The quantitative estimate of drug-likeness (QED) is 0.652. The summed E-state index contributed by atoms with van der Waals surface area (Å²) >= 11 is 0. The molecule has 0 aliphatic heterocycles. The summed E-state index contributed by atoms with van der Waals surface area (Å²) in [7, 11) is 3.28. The van der Waals surface area contributed by atoms with Crippen LogP contribution in [0.5, 0.6) is 0 Å². The molecule has 1 rings (SSSR count). The Balaban J connectivity index is 3.02. The molecular weight excluding hydrogens is 274 g/mol. The van der Waals surface area contributed by atoms with Crippen LogP contribution in [0, 0.1) is 10.1 Å². The van der Waals surface area contributed by atoms with Gasteiger partial charge in [-0.05, 0) is 27.2 Å². The van der Waals surface area contributed by atoms with Gasteiger partial charge in [0.05, 0.1) is 11.5 Å². The molecule has 1 N–H and O–H groups in total. The summed E-state index contributed by atoms with van der Waals surface area (Å²) in [6.07, 6.45) is 0.464. The van der Waals surface area contributed by atoms with Gasteiger partial charge in [0, 0.05) is 19.6 Å². The average molecular weight is 297 g/mol. The van der Waals surface area contributed by atoms with Crippen molar-refractivity contribution in [1.82, 2.24) is 15.1 Å². The van der Waals surface area contributed by atoms with Gasteiger partial charge in [0.2, 0.25) is 11.7 Å². The number of amides is 1. The molecule has 1 aromatic heterocycles. The van der Waals surface area contributed by atoms with Gasteiger partial charge in [-0.2, -0.15) is 5.10 Å². The van der Waals surface area contributed by atoms with Gasteiger partial charge in [0.25, 0.3) is 0 Å². The second-order valence-electron chi connectivity index (χ2n) is 6.01. The minimum atomic E-state index is -0.445. The normalized spacial score (nSPS) is 11.3. The first-order chi connectivity index (χ1) is 9.56. The fourth-order valence-corrected chi connectivity index (χ4v) is 2.16. The summed E-state index contributed by atoms with van der Waals surface area (Å²) < 4.78 is 1.45. The maximum atomic E-state index is 12.0. The number of anilines is 1. The molecule has 0 atom stereocenters. The minimum absolute atomic E-state index is 0.0286. The summed E-state index contributed by atoms with van der Waals surface area (Å²) in [4.78, 5) is 24.3. The van der Waals surface area contributed by atoms with Crippen LogP contribution < -0.4 is 10.2 Å². The van der Waals surface area contributed by atoms with Gasteiger partial charge in [0.15, 0.2) is 0 Å². The van der Waals surface area contributed by atoms with Crippen LogP contribution in [0.2, 0.25) is 0 Å². The van der Waals surface area contributed by atoms with Crippen LogP contribution in [0.4, 0.5) is 11.5 Å². The Morgan fingerprint density at radius 3 is 2.48 bits per heavy atom. The van der Waals surface area contributed by atoms with Gasteiger partial charge in [-0.1, -0.05) is 6.92 Å². The summed E-state index contributed by atoms with van der Waals surface area (Å²) in [5.41, 5.74) is 0.0388. The lowest BCUT2D eigenvalue weighted by Crippen LogP contribution is -2.45. The molecule has 118 valence electrons. The summed E-state index contributed by atoms with van der Waals surface area (Å²) in [5, 5.41) is 18.2. The second kappa shape index (κ2) is 6.11. The number of nitro groups is 1. The van der Waals surface area contributed by atoms with E-state index >= 15 is 0 Å². The maximum Gasteiger partial charge on any atom is 0.334 e. The predicted octanol–water partition coefficient (Wildman–Crippen LogP) is 1.24. The molecule has 1 aromatic rings. The van der Waals surface area contributed by atoms with E-state index in [2.05, 4.69) is 10.4 Å². The first kappa shape index (κ1) is 16.9. The third kappa shape index (κ3) is 4.17. The largest absolute Gasteiger partial charge is 0.350 e. The molecule has 0 aliphatic carbocycles. The Morgan fingerprint density at radius 1 is 1.48 bits per heavy atom. The first-order valence-corrected chi connectivity index (χ1v) is 6.79. The number of hydrogen-bond donors (Lipinski definition) is 1. The van der Waals surface area contributed by atoms with E-state index in [1.54, 1.807) is 19.0 Å². The highest BCUT2D eigenvalue weighted by atomic mass is 16.6. The monoisotopic (exact) mass is 297 g/mol. The summed E-state index contributed by atoms with van der Waals surface area (Å²) in [6.45, 7) is 7.48. The van der Waals surface area contributed by atoms with Crippen LogP contribution in [0.25, 0.3) is 0 Å². The fraction of sp³-hybridized carbons (Fsp3) is 0.692. The van der Waals surface area contributed by atoms with Crippen molar-refractivity contribution in [2.75, 3.05) is 18.5 Å². The number of aromatic nitrogens is 2. The molecular formula is C13H23N5O3. The molecule has 21 heavy (non-hydrogen) atoms. The van der Waals surface area contributed by atoms with Gasteiger partial charge in [0.1, 0.15) is 5.69 Å². The number of likely N-dealkylation sites (N-methyl/N-ethyl adjacent to an activating group) is 1. The molecule has 0 radical (unpaired) electrons. The topological polar surface area (TPSA) is 93.3 Å². The SMILES string of the molecule is CCc1nn(C)c(N(C)CC(=O)NC(C)(C)C)c1[N+](=O)[O-]. The minimum Gasteiger partial charge on any atom is -0.350 e. The number of rotatable bonds is 5. The standard InChI is InChI=1S/C13H23N5O3/c1-7-9-11(18(20)21)12(17(6)15-9)16(5)8-10(19)14-13(2,3)4/h7-8H2,1-6H3,(H,14,19). The Bertz CT molecular complexity index is 545. The molecule has 0 unspecified atom stereocenters. The van der Waals surface area contributed by atoms with Crippen LogP contribution in [-0.2, 0) is 18.3 Å². The zero-order valence-electron chi connectivity index (χ0n) is 13.4. The lowest BCUT2D eigenvalue weighted by molar-refractivity contribution is -0.384. The van der Waals surface area contributed by atoms with E-state index in [-0.39, 0.29) is 23.7 Å². The number of nitrogens with zero attached hydrogens (tertiary/aromatic N) is 4. The zero-order chi connectivity index (χ0) is 16.4. The Morgan fingerprint density at radius 2 is 2.05 bits per heavy atom. The van der Waals surface area contributed by atoms with E-state index < -0.39 is 4.92 Å². The van der Waals surface area contributed by atoms with E-state index in [1.807, 2.05) is 27.7 Å². The fourth-order valence-electron chi connectivity index (χ4n) is 2.16. The molecule has 0 fully saturated rings.